The van der Waals surface area contributed by atoms with Gasteiger partial charge in [-0.05, 0) is 37.1 Å². The van der Waals surface area contributed by atoms with Gasteiger partial charge in [0, 0.05) is 12.2 Å². The maximum atomic E-state index is 12.5. The second-order valence-electron chi connectivity index (χ2n) is 4.69. The van der Waals surface area contributed by atoms with E-state index < -0.39 is 17.8 Å². The van der Waals surface area contributed by atoms with E-state index in [0.717, 1.165) is 18.6 Å². The molecular formula is C13H15F3N2O2. The summed E-state index contributed by atoms with van der Waals surface area (Å²) in [6.07, 6.45) is -3.98. The Hall–Kier alpha value is -1.92. The molecule has 0 spiro atoms. The van der Waals surface area contributed by atoms with E-state index in [-0.39, 0.29) is 6.10 Å². The lowest BCUT2D eigenvalue weighted by atomic mass is 10.1. The monoisotopic (exact) mass is 288 g/mol. The van der Waals surface area contributed by atoms with Gasteiger partial charge in [0.25, 0.3) is 0 Å². The molecule has 1 fully saturated rings. The van der Waals surface area contributed by atoms with Crippen LogP contribution < -0.4 is 10.6 Å². The summed E-state index contributed by atoms with van der Waals surface area (Å²) < 4.78 is 42.4. The number of hydrogen-bond acceptors (Lipinski definition) is 3. The molecule has 1 heterocycles. The standard InChI is InChI=1S/C13H15F3N2O2/c14-13(15,16)9-3-5-10(6-4-9)18-7-1-2-11(8-18)20-12(17)19/h3-6,11H,1-2,7-8H2,(H2,17,19)/t11-/m1/s1. The van der Waals surface area contributed by atoms with E-state index in [2.05, 4.69) is 0 Å². The SMILES string of the molecule is NC(=O)O[C@@H]1CCCN(c2ccc(C(F)(F)F)cc2)C1. The highest BCUT2D eigenvalue weighted by molar-refractivity contribution is 5.65. The second-order valence-corrected chi connectivity index (χ2v) is 4.69. The van der Waals surface area contributed by atoms with Gasteiger partial charge in [-0.2, -0.15) is 13.2 Å². The van der Waals surface area contributed by atoms with Crippen molar-refractivity contribution < 1.29 is 22.7 Å². The minimum atomic E-state index is -4.34. The van der Waals surface area contributed by atoms with Crippen molar-refractivity contribution in [1.29, 1.82) is 0 Å². The lowest BCUT2D eigenvalue weighted by Crippen LogP contribution is -2.41. The van der Waals surface area contributed by atoms with E-state index in [1.807, 2.05) is 4.90 Å². The number of rotatable bonds is 2. The highest BCUT2D eigenvalue weighted by Gasteiger charge is 2.30. The molecule has 20 heavy (non-hydrogen) atoms. The number of amides is 1. The van der Waals surface area contributed by atoms with Crippen LogP contribution in [0.2, 0.25) is 0 Å². The Morgan fingerprint density at radius 2 is 1.95 bits per heavy atom. The summed E-state index contributed by atoms with van der Waals surface area (Å²) in [4.78, 5) is 12.6. The molecule has 0 aromatic heterocycles. The lowest BCUT2D eigenvalue weighted by Gasteiger charge is -2.33. The molecule has 0 radical (unpaired) electrons. The molecule has 0 unspecified atom stereocenters. The number of alkyl halides is 3. The van der Waals surface area contributed by atoms with Crippen LogP contribution in [0, 0.1) is 0 Å². The number of ether oxygens (including phenoxy) is 1. The summed E-state index contributed by atoms with van der Waals surface area (Å²) in [5, 5.41) is 0. The van der Waals surface area contributed by atoms with Gasteiger partial charge in [0.1, 0.15) is 6.10 Å². The number of anilines is 1. The molecule has 0 bridgehead atoms. The van der Waals surface area contributed by atoms with E-state index in [4.69, 9.17) is 10.5 Å². The summed E-state index contributed by atoms with van der Waals surface area (Å²) in [6.45, 7) is 1.15. The predicted molar refractivity (Wildman–Crippen MR) is 67.3 cm³/mol. The van der Waals surface area contributed by atoms with Crippen LogP contribution in [0.15, 0.2) is 24.3 Å². The zero-order chi connectivity index (χ0) is 14.8. The molecule has 0 saturated carbocycles. The zero-order valence-corrected chi connectivity index (χ0v) is 10.7. The average molecular weight is 288 g/mol. The predicted octanol–water partition coefficient (Wildman–Crippen LogP) is 2.77. The number of carbonyl (C=O) groups is 1. The number of nitrogens with zero attached hydrogens (tertiary/aromatic N) is 1. The molecule has 4 nitrogen and oxygen atoms in total. The minimum absolute atomic E-state index is 0.316. The quantitative estimate of drug-likeness (QED) is 0.910. The third-order valence-corrected chi connectivity index (χ3v) is 3.22. The van der Waals surface area contributed by atoms with Crippen molar-refractivity contribution in [2.75, 3.05) is 18.0 Å². The Bertz CT molecular complexity index is 473. The first kappa shape index (κ1) is 14.5. The van der Waals surface area contributed by atoms with Crippen LogP contribution in [-0.2, 0) is 10.9 Å². The molecule has 110 valence electrons. The maximum absolute atomic E-state index is 12.5. The van der Waals surface area contributed by atoms with Crippen molar-refractivity contribution >= 4 is 11.8 Å². The molecule has 1 saturated heterocycles. The van der Waals surface area contributed by atoms with E-state index >= 15 is 0 Å². The van der Waals surface area contributed by atoms with Gasteiger partial charge in [0.2, 0.25) is 0 Å². The van der Waals surface area contributed by atoms with Crippen molar-refractivity contribution in [2.45, 2.75) is 25.1 Å². The molecule has 1 aliphatic rings. The summed E-state index contributed by atoms with van der Waals surface area (Å²) in [5.74, 6) is 0. The Labute approximate surface area is 114 Å². The fourth-order valence-electron chi connectivity index (χ4n) is 2.29. The fraction of sp³-hybridized carbons (Fsp3) is 0.462. The largest absolute Gasteiger partial charge is 0.445 e. The Kier molecular flexibility index (Phi) is 4.06. The normalized spacial score (nSPS) is 19.8. The van der Waals surface area contributed by atoms with Gasteiger partial charge in [-0.1, -0.05) is 0 Å². The topological polar surface area (TPSA) is 55.6 Å². The number of piperidine rings is 1. The number of hydrogen-bond donors (Lipinski definition) is 1. The first-order valence-electron chi connectivity index (χ1n) is 6.24. The van der Waals surface area contributed by atoms with Crippen LogP contribution in [-0.4, -0.2) is 25.3 Å². The number of carbonyl (C=O) groups excluding carboxylic acids is 1. The van der Waals surface area contributed by atoms with E-state index in [9.17, 15) is 18.0 Å². The highest BCUT2D eigenvalue weighted by atomic mass is 19.4. The number of benzene rings is 1. The highest BCUT2D eigenvalue weighted by Crippen LogP contribution is 2.31. The van der Waals surface area contributed by atoms with Gasteiger partial charge in [-0.15, -0.1) is 0 Å². The molecule has 1 amide bonds. The van der Waals surface area contributed by atoms with Crippen molar-refractivity contribution in [3.8, 4) is 0 Å². The van der Waals surface area contributed by atoms with E-state index in [1.165, 1.54) is 12.1 Å². The van der Waals surface area contributed by atoms with Crippen LogP contribution in [0.4, 0.5) is 23.7 Å². The second kappa shape index (κ2) is 5.60. The van der Waals surface area contributed by atoms with Crippen molar-refractivity contribution in [3.63, 3.8) is 0 Å². The minimum Gasteiger partial charge on any atom is -0.445 e. The van der Waals surface area contributed by atoms with Crippen LogP contribution >= 0.6 is 0 Å². The third-order valence-electron chi connectivity index (χ3n) is 3.22. The van der Waals surface area contributed by atoms with Gasteiger partial charge in [0.05, 0.1) is 12.1 Å². The van der Waals surface area contributed by atoms with Crippen LogP contribution in [0.1, 0.15) is 18.4 Å². The van der Waals surface area contributed by atoms with Crippen molar-refractivity contribution in [3.05, 3.63) is 29.8 Å². The van der Waals surface area contributed by atoms with Gasteiger partial charge in [0.15, 0.2) is 0 Å². The van der Waals surface area contributed by atoms with Crippen molar-refractivity contribution in [2.24, 2.45) is 5.73 Å². The molecule has 0 aliphatic carbocycles. The molecule has 1 aromatic rings. The van der Waals surface area contributed by atoms with E-state index in [0.29, 0.717) is 25.2 Å². The summed E-state index contributed by atoms with van der Waals surface area (Å²) >= 11 is 0. The molecule has 1 atom stereocenters. The van der Waals surface area contributed by atoms with Crippen LogP contribution in [0.25, 0.3) is 0 Å². The van der Waals surface area contributed by atoms with Crippen LogP contribution in [0.3, 0.4) is 0 Å². The number of primary amides is 1. The molecule has 1 aromatic carbocycles. The molecule has 7 heteroatoms. The Morgan fingerprint density at radius 1 is 1.30 bits per heavy atom. The van der Waals surface area contributed by atoms with Gasteiger partial charge >= 0.3 is 12.3 Å². The van der Waals surface area contributed by atoms with E-state index in [1.54, 1.807) is 0 Å². The number of halogens is 3. The van der Waals surface area contributed by atoms with Gasteiger partial charge in [-0.25, -0.2) is 4.79 Å². The molecule has 2 N–H and O–H groups in total. The lowest BCUT2D eigenvalue weighted by molar-refractivity contribution is -0.137. The zero-order valence-electron chi connectivity index (χ0n) is 10.7. The molecular weight excluding hydrogens is 273 g/mol. The summed E-state index contributed by atoms with van der Waals surface area (Å²) in [6, 6.07) is 4.95. The van der Waals surface area contributed by atoms with Crippen molar-refractivity contribution in [1.82, 2.24) is 0 Å². The summed E-state index contributed by atoms with van der Waals surface area (Å²) in [7, 11) is 0. The first-order valence-corrected chi connectivity index (χ1v) is 6.24. The van der Waals surface area contributed by atoms with Gasteiger partial charge < -0.3 is 15.4 Å². The first-order chi connectivity index (χ1) is 9.36. The smallest absolute Gasteiger partial charge is 0.416 e. The van der Waals surface area contributed by atoms with Crippen LogP contribution in [0.5, 0.6) is 0 Å². The number of nitrogens with two attached hydrogens (primary N) is 1. The Balaban J connectivity index is 2.05. The Morgan fingerprint density at radius 3 is 2.50 bits per heavy atom. The van der Waals surface area contributed by atoms with Gasteiger partial charge in [-0.3, -0.25) is 0 Å². The average Bonchev–Trinajstić information content (AvgIpc) is 2.37. The molecule has 2 rings (SSSR count). The third kappa shape index (κ3) is 3.55. The summed E-state index contributed by atoms with van der Waals surface area (Å²) in [5.41, 5.74) is 4.97. The molecule has 1 aliphatic heterocycles. The maximum Gasteiger partial charge on any atom is 0.416 e. The fourth-order valence-corrected chi connectivity index (χ4v) is 2.29.